The molecule has 1 fully saturated rings. The summed E-state index contributed by atoms with van der Waals surface area (Å²) in [6.07, 6.45) is 2.58. The zero-order valence-electron chi connectivity index (χ0n) is 14.0. The van der Waals surface area contributed by atoms with Crippen LogP contribution in [0.15, 0.2) is 35.8 Å². The molecule has 3 heterocycles. The van der Waals surface area contributed by atoms with Crippen molar-refractivity contribution in [3.8, 4) is 0 Å². The van der Waals surface area contributed by atoms with E-state index in [9.17, 15) is 14.5 Å². The topological polar surface area (TPSA) is 66.9 Å². The van der Waals surface area contributed by atoms with Gasteiger partial charge in [0, 0.05) is 38.1 Å². The van der Waals surface area contributed by atoms with Gasteiger partial charge in [-0.25, -0.2) is 4.39 Å². The van der Waals surface area contributed by atoms with E-state index in [1.807, 2.05) is 4.90 Å². The predicted octanol–water partition coefficient (Wildman–Crippen LogP) is 3.16. The van der Waals surface area contributed by atoms with Gasteiger partial charge in [-0.2, -0.15) is 9.38 Å². The van der Waals surface area contributed by atoms with E-state index in [2.05, 4.69) is 9.88 Å². The Morgan fingerprint density at radius 2 is 2.00 bits per heavy atom. The fourth-order valence-electron chi connectivity index (χ4n) is 3.33. The van der Waals surface area contributed by atoms with Crippen LogP contribution in [-0.4, -0.2) is 45.4 Å². The lowest BCUT2D eigenvalue weighted by Gasteiger charge is -2.21. The molecule has 0 spiro atoms. The first kappa shape index (κ1) is 16.9. The van der Waals surface area contributed by atoms with Crippen LogP contribution in [0.3, 0.4) is 0 Å². The average molecular weight is 375 g/mol. The standard InChI is InChI=1S/C17H18FN5O2S/c18-14-4-2-13(3-5-14)12-20-6-1-7-21(9-8-20)15-16(23(24)25)22-10-11-26-17(22)19-15/h2-5,10-11H,1,6-9,12H2. The second kappa shape index (κ2) is 7.00. The van der Waals surface area contributed by atoms with Gasteiger partial charge >= 0.3 is 5.82 Å². The van der Waals surface area contributed by atoms with Gasteiger partial charge in [0.05, 0.1) is 0 Å². The fraction of sp³-hybridized carbons (Fsp3) is 0.353. The molecule has 1 aliphatic heterocycles. The third kappa shape index (κ3) is 3.27. The summed E-state index contributed by atoms with van der Waals surface area (Å²) in [6.45, 7) is 3.82. The number of hydrogen-bond acceptors (Lipinski definition) is 6. The van der Waals surface area contributed by atoms with Crippen molar-refractivity contribution in [1.82, 2.24) is 14.3 Å². The van der Waals surface area contributed by atoms with Gasteiger partial charge in [0.25, 0.3) is 4.96 Å². The molecule has 7 nitrogen and oxygen atoms in total. The van der Waals surface area contributed by atoms with Crippen LogP contribution in [0.5, 0.6) is 0 Å². The Morgan fingerprint density at radius 1 is 1.19 bits per heavy atom. The van der Waals surface area contributed by atoms with Crippen LogP contribution in [0, 0.1) is 15.9 Å². The first-order chi connectivity index (χ1) is 12.6. The number of nitrogens with zero attached hydrogens (tertiary/aromatic N) is 5. The lowest BCUT2D eigenvalue weighted by atomic mass is 10.2. The highest BCUT2D eigenvalue weighted by molar-refractivity contribution is 7.15. The number of fused-ring (bicyclic) bond motifs is 1. The Morgan fingerprint density at radius 3 is 2.77 bits per heavy atom. The predicted molar refractivity (Wildman–Crippen MR) is 98.2 cm³/mol. The van der Waals surface area contributed by atoms with E-state index in [1.54, 1.807) is 28.1 Å². The van der Waals surface area contributed by atoms with E-state index in [1.165, 1.54) is 23.5 Å². The first-order valence-electron chi connectivity index (χ1n) is 8.43. The molecule has 2 aromatic heterocycles. The Balaban J connectivity index is 1.50. The summed E-state index contributed by atoms with van der Waals surface area (Å²) in [5.74, 6) is 0.251. The van der Waals surface area contributed by atoms with E-state index >= 15 is 0 Å². The highest BCUT2D eigenvalue weighted by Crippen LogP contribution is 2.31. The summed E-state index contributed by atoms with van der Waals surface area (Å²) in [4.78, 5) is 20.6. The second-order valence-electron chi connectivity index (χ2n) is 6.31. The Kier molecular flexibility index (Phi) is 4.56. The summed E-state index contributed by atoms with van der Waals surface area (Å²) >= 11 is 1.39. The van der Waals surface area contributed by atoms with Crippen molar-refractivity contribution in [2.75, 3.05) is 31.1 Å². The van der Waals surface area contributed by atoms with Gasteiger partial charge in [-0.1, -0.05) is 23.5 Å². The third-order valence-electron chi connectivity index (χ3n) is 4.60. The molecule has 4 rings (SSSR count). The smallest absolute Gasteiger partial charge is 0.358 e. The number of nitro groups is 1. The lowest BCUT2D eigenvalue weighted by molar-refractivity contribution is -0.389. The molecule has 1 saturated heterocycles. The van der Waals surface area contributed by atoms with E-state index in [0.29, 0.717) is 17.3 Å². The van der Waals surface area contributed by atoms with Crippen molar-refractivity contribution in [3.05, 3.63) is 57.3 Å². The Labute approximate surface area is 153 Å². The average Bonchev–Trinajstić information content (AvgIpc) is 3.12. The van der Waals surface area contributed by atoms with E-state index in [-0.39, 0.29) is 16.6 Å². The van der Waals surface area contributed by atoms with Gasteiger partial charge in [-0.05, 0) is 29.0 Å². The molecule has 3 aromatic rings. The number of imidazole rings is 1. The number of hydrogen-bond donors (Lipinski definition) is 0. The molecule has 0 bridgehead atoms. The summed E-state index contributed by atoms with van der Waals surface area (Å²) in [7, 11) is 0. The van der Waals surface area contributed by atoms with Gasteiger partial charge in [0.1, 0.15) is 12.0 Å². The monoisotopic (exact) mass is 375 g/mol. The molecule has 1 aromatic carbocycles. The van der Waals surface area contributed by atoms with Crippen molar-refractivity contribution in [3.63, 3.8) is 0 Å². The minimum Gasteiger partial charge on any atom is -0.358 e. The number of benzene rings is 1. The van der Waals surface area contributed by atoms with Crippen LogP contribution in [0.1, 0.15) is 12.0 Å². The molecule has 0 N–H and O–H groups in total. The maximum absolute atomic E-state index is 13.1. The molecule has 0 atom stereocenters. The summed E-state index contributed by atoms with van der Waals surface area (Å²) in [6, 6.07) is 6.54. The van der Waals surface area contributed by atoms with Crippen LogP contribution in [-0.2, 0) is 6.54 Å². The van der Waals surface area contributed by atoms with Gasteiger partial charge in [-0.15, -0.1) is 0 Å². The zero-order valence-corrected chi connectivity index (χ0v) is 14.9. The van der Waals surface area contributed by atoms with Crippen LogP contribution in [0.4, 0.5) is 16.0 Å². The van der Waals surface area contributed by atoms with Crippen molar-refractivity contribution in [1.29, 1.82) is 0 Å². The molecular formula is C17H18FN5O2S. The fourth-order valence-corrected chi connectivity index (χ4v) is 4.04. The van der Waals surface area contributed by atoms with Gasteiger partial charge in [0.15, 0.2) is 0 Å². The molecule has 9 heteroatoms. The summed E-state index contributed by atoms with van der Waals surface area (Å²) < 4.78 is 14.6. The number of rotatable bonds is 4. The van der Waals surface area contributed by atoms with Crippen LogP contribution < -0.4 is 4.90 Å². The molecule has 0 amide bonds. The Hall–Kier alpha value is -2.52. The maximum Gasteiger partial charge on any atom is 0.373 e. The zero-order chi connectivity index (χ0) is 18.1. The minimum absolute atomic E-state index is 0.0354. The summed E-state index contributed by atoms with van der Waals surface area (Å²) in [5.41, 5.74) is 1.06. The van der Waals surface area contributed by atoms with Gasteiger partial charge in [-0.3, -0.25) is 4.90 Å². The van der Waals surface area contributed by atoms with Gasteiger partial charge in [0.2, 0.25) is 5.82 Å². The quantitative estimate of drug-likeness (QED) is 0.518. The minimum atomic E-state index is -0.358. The van der Waals surface area contributed by atoms with Crippen molar-refractivity contribution in [2.24, 2.45) is 0 Å². The van der Waals surface area contributed by atoms with Crippen LogP contribution >= 0.6 is 11.3 Å². The van der Waals surface area contributed by atoms with Crippen molar-refractivity contribution < 1.29 is 9.31 Å². The van der Waals surface area contributed by atoms with Crippen LogP contribution in [0.2, 0.25) is 0 Å². The Bertz CT molecular complexity index is 923. The summed E-state index contributed by atoms with van der Waals surface area (Å²) in [5, 5.41) is 13.3. The first-order valence-corrected chi connectivity index (χ1v) is 9.31. The van der Waals surface area contributed by atoms with E-state index in [4.69, 9.17) is 0 Å². The second-order valence-corrected chi connectivity index (χ2v) is 7.19. The molecule has 0 saturated carbocycles. The number of anilines is 1. The van der Waals surface area contributed by atoms with Crippen LogP contribution in [0.25, 0.3) is 4.96 Å². The molecule has 26 heavy (non-hydrogen) atoms. The molecule has 0 unspecified atom stereocenters. The highest BCUT2D eigenvalue weighted by atomic mass is 32.1. The number of thiazole rings is 1. The molecule has 0 aliphatic carbocycles. The SMILES string of the molecule is O=[N+]([O-])c1c(N2CCCN(Cc3ccc(F)cc3)CC2)nc2sccn12. The normalized spacial score (nSPS) is 16.1. The van der Waals surface area contributed by atoms with Gasteiger partial charge < -0.3 is 15.0 Å². The lowest BCUT2D eigenvalue weighted by Crippen LogP contribution is -2.31. The third-order valence-corrected chi connectivity index (χ3v) is 5.36. The number of aromatic nitrogens is 2. The van der Waals surface area contributed by atoms with Crippen molar-refractivity contribution in [2.45, 2.75) is 13.0 Å². The highest BCUT2D eigenvalue weighted by Gasteiger charge is 2.29. The molecule has 1 aliphatic rings. The largest absolute Gasteiger partial charge is 0.373 e. The molecule has 0 radical (unpaired) electrons. The maximum atomic E-state index is 13.1. The number of halogens is 1. The molecular weight excluding hydrogens is 357 g/mol. The van der Waals surface area contributed by atoms with E-state index < -0.39 is 0 Å². The van der Waals surface area contributed by atoms with Crippen molar-refractivity contribution >= 4 is 27.9 Å². The van der Waals surface area contributed by atoms with E-state index in [0.717, 1.165) is 38.2 Å². The molecule has 136 valence electrons.